The Morgan fingerprint density at radius 1 is 1.13 bits per heavy atom. The second-order valence-electron chi connectivity index (χ2n) is 9.58. The van der Waals surface area contributed by atoms with Crippen molar-refractivity contribution in [3.05, 3.63) is 23.8 Å². The van der Waals surface area contributed by atoms with E-state index in [-0.39, 0.29) is 24.5 Å². The van der Waals surface area contributed by atoms with Crippen molar-refractivity contribution >= 4 is 11.8 Å². The van der Waals surface area contributed by atoms with Gasteiger partial charge in [-0.05, 0) is 62.4 Å². The SMILES string of the molecule is CN(C[C@@H]1CCCN2CCCC[C@@H]12)C(=O)[C@@H]1CC(=O)N(Cc2ccc3c(c2)OCO3)C1. The monoisotopic (exact) mass is 427 g/mol. The average molecular weight is 428 g/mol. The minimum absolute atomic E-state index is 0.0561. The van der Waals surface area contributed by atoms with Crippen molar-refractivity contribution in [2.45, 2.75) is 51.1 Å². The fourth-order valence-corrected chi connectivity index (χ4v) is 5.89. The number of carbonyl (C=O) groups excluding carboxylic acids is 2. The lowest BCUT2D eigenvalue weighted by atomic mass is 9.83. The lowest BCUT2D eigenvalue weighted by Crippen LogP contribution is -2.51. The van der Waals surface area contributed by atoms with Gasteiger partial charge < -0.3 is 24.2 Å². The highest BCUT2D eigenvalue weighted by atomic mass is 16.7. The van der Waals surface area contributed by atoms with E-state index in [4.69, 9.17) is 9.47 Å². The first-order valence-electron chi connectivity index (χ1n) is 11.7. The first-order valence-corrected chi connectivity index (χ1v) is 11.7. The van der Waals surface area contributed by atoms with Gasteiger partial charge in [0, 0.05) is 39.1 Å². The second kappa shape index (κ2) is 8.69. The molecule has 3 fully saturated rings. The number of benzene rings is 1. The van der Waals surface area contributed by atoms with Crippen LogP contribution in [-0.2, 0) is 16.1 Å². The Morgan fingerprint density at radius 3 is 2.87 bits per heavy atom. The van der Waals surface area contributed by atoms with Gasteiger partial charge >= 0.3 is 0 Å². The van der Waals surface area contributed by atoms with E-state index in [9.17, 15) is 9.59 Å². The number of nitrogens with zero attached hydrogens (tertiary/aromatic N) is 3. The van der Waals surface area contributed by atoms with E-state index in [1.54, 1.807) is 4.90 Å². The molecule has 0 unspecified atom stereocenters. The smallest absolute Gasteiger partial charge is 0.231 e. The van der Waals surface area contributed by atoms with Gasteiger partial charge in [0.15, 0.2) is 11.5 Å². The summed E-state index contributed by atoms with van der Waals surface area (Å²) < 4.78 is 10.8. The van der Waals surface area contributed by atoms with Crippen molar-refractivity contribution in [2.75, 3.05) is 40.0 Å². The predicted octanol–water partition coefficient (Wildman–Crippen LogP) is 2.49. The van der Waals surface area contributed by atoms with E-state index >= 15 is 0 Å². The topological polar surface area (TPSA) is 62.3 Å². The number of fused-ring (bicyclic) bond motifs is 2. The summed E-state index contributed by atoms with van der Waals surface area (Å²) in [4.78, 5) is 32.1. The largest absolute Gasteiger partial charge is 0.454 e. The third-order valence-corrected chi connectivity index (χ3v) is 7.49. The van der Waals surface area contributed by atoms with E-state index in [1.165, 1.54) is 45.2 Å². The Morgan fingerprint density at radius 2 is 1.97 bits per heavy atom. The zero-order chi connectivity index (χ0) is 21.4. The van der Waals surface area contributed by atoms with Crippen LogP contribution in [-0.4, -0.2) is 72.6 Å². The minimum atomic E-state index is -0.238. The van der Waals surface area contributed by atoms with E-state index in [0.29, 0.717) is 31.5 Å². The second-order valence-corrected chi connectivity index (χ2v) is 9.58. The Bertz CT molecular complexity index is 842. The standard InChI is InChI=1S/C24H33N3O4/c1-25(14-18-5-4-10-26-9-3-2-6-20(18)26)24(29)19-12-23(28)27(15-19)13-17-7-8-21-22(11-17)31-16-30-21/h7-8,11,18-20H,2-6,9-10,12-16H2,1H3/t18-,19+,20-/m0/s1. The van der Waals surface area contributed by atoms with Crippen molar-refractivity contribution < 1.29 is 19.1 Å². The van der Waals surface area contributed by atoms with E-state index in [1.807, 2.05) is 30.1 Å². The average Bonchev–Trinajstić information content (AvgIpc) is 3.39. The van der Waals surface area contributed by atoms with Gasteiger partial charge in [-0.2, -0.15) is 0 Å². The van der Waals surface area contributed by atoms with Gasteiger partial charge in [-0.3, -0.25) is 9.59 Å². The lowest BCUT2D eigenvalue weighted by molar-refractivity contribution is -0.135. The number of ether oxygens (including phenoxy) is 2. The number of likely N-dealkylation sites (tertiary alicyclic amines) is 1. The summed E-state index contributed by atoms with van der Waals surface area (Å²) in [5.74, 6) is 1.96. The first kappa shape index (κ1) is 20.6. The van der Waals surface area contributed by atoms with Crippen molar-refractivity contribution in [3.8, 4) is 11.5 Å². The number of amides is 2. The molecule has 4 heterocycles. The molecule has 0 aliphatic carbocycles. The number of piperidine rings is 2. The molecule has 7 nitrogen and oxygen atoms in total. The highest BCUT2D eigenvalue weighted by molar-refractivity contribution is 5.89. The van der Waals surface area contributed by atoms with Crippen LogP contribution in [0.5, 0.6) is 11.5 Å². The summed E-state index contributed by atoms with van der Waals surface area (Å²) >= 11 is 0. The van der Waals surface area contributed by atoms with Gasteiger partial charge in [-0.25, -0.2) is 0 Å². The van der Waals surface area contributed by atoms with Gasteiger partial charge in [-0.15, -0.1) is 0 Å². The molecular weight excluding hydrogens is 394 g/mol. The summed E-state index contributed by atoms with van der Waals surface area (Å²) in [6.45, 7) is 4.48. The number of carbonyl (C=O) groups is 2. The van der Waals surface area contributed by atoms with Crippen LogP contribution >= 0.6 is 0 Å². The molecular formula is C24H33N3O4. The molecule has 0 bridgehead atoms. The molecule has 31 heavy (non-hydrogen) atoms. The van der Waals surface area contributed by atoms with Gasteiger partial charge in [0.05, 0.1) is 5.92 Å². The maximum atomic E-state index is 13.2. The van der Waals surface area contributed by atoms with Crippen molar-refractivity contribution in [3.63, 3.8) is 0 Å². The van der Waals surface area contributed by atoms with Crippen molar-refractivity contribution in [1.29, 1.82) is 0 Å². The molecule has 0 spiro atoms. The minimum Gasteiger partial charge on any atom is -0.454 e. The fourth-order valence-electron chi connectivity index (χ4n) is 5.89. The van der Waals surface area contributed by atoms with Crippen LogP contribution in [0.25, 0.3) is 0 Å². The van der Waals surface area contributed by atoms with Crippen molar-refractivity contribution in [1.82, 2.24) is 14.7 Å². The van der Waals surface area contributed by atoms with Gasteiger partial charge in [0.2, 0.25) is 18.6 Å². The molecule has 4 aliphatic heterocycles. The third-order valence-electron chi connectivity index (χ3n) is 7.49. The van der Waals surface area contributed by atoms with Gasteiger partial charge in [0.1, 0.15) is 0 Å². The van der Waals surface area contributed by atoms with Crippen LogP contribution in [0.3, 0.4) is 0 Å². The summed E-state index contributed by atoms with van der Waals surface area (Å²) in [6.07, 6.45) is 6.63. The fraction of sp³-hybridized carbons (Fsp3) is 0.667. The first-order chi connectivity index (χ1) is 15.1. The van der Waals surface area contributed by atoms with Crippen LogP contribution in [0, 0.1) is 11.8 Å². The highest BCUT2D eigenvalue weighted by Gasteiger charge is 2.38. The Kier molecular flexibility index (Phi) is 5.78. The molecule has 0 aromatic heterocycles. The molecule has 7 heteroatoms. The van der Waals surface area contributed by atoms with E-state index in [0.717, 1.165) is 23.6 Å². The highest BCUT2D eigenvalue weighted by Crippen LogP contribution is 2.34. The van der Waals surface area contributed by atoms with Crippen LogP contribution < -0.4 is 9.47 Å². The Labute approximate surface area is 184 Å². The molecule has 3 saturated heterocycles. The Hall–Kier alpha value is -2.28. The molecule has 3 atom stereocenters. The van der Waals surface area contributed by atoms with Crippen LogP contribution in [0.15, 0.2) is 18.2 Å². The molecule has 2 amide bonds. The molecule has 0 radical (unpaired) electrons. The van der Waals surface area contributed by atoms with Gasteiger partial charge in [0.25, 0.3) is 0 Å². The molecule has 1 aromatic carbocycles. The zero-order valence-electron chi connectivity index (χ0n) is 18.4. The summed E-state index contributed by atoms with van der Waals surface area (Å²) in [5, 5.41) is 0. The maximum absolute atomic E-state index is 13.2. The van der Waals surface area contributed by atoms with Gasteiger partial charge in [-0.1, -0.05) is 12.5 Å². The summed E-state index contributed by atoms with van der Waals surface area (Å²) in [7, 11) is 1.93. The quantitative estimate of drug-likeness (QED) is 0.723. The third kappa shape index (κ3) is 4.25. The number of hydrogen-bond donors (Lipinski definition) is 0. The van der Waals surface area contributed by atoms with E-state index < -0.39 is 0 Å². The van der Waals surface area contributed by atoms with Crippen LogP contribution in [0.4, 0.5) is 0 Å². The Balaban J connectivity index is 1.17. The maximum Gasteiger partial charge on any atom is 0.231 e. The lowest BCUT2D eigenvalue weighted by Gasteiger charge is -2.45. The zero-order valence-corrected chi connectivity index (χ0v) is 18.4. The summed E-state index contributed by atoms with van der Waals surface area (Å²) in [5.41, 5.74) is 0.999. The molecule has 168 valence electrons. The van der Waals surface area contributed by atoms with E-state index in [2.05, 4.69) is 4.90 Å². The molecule has 4 aliphatic rings. The molecule has 0 saturated carbocycles. The number of hydrogen-bond acceptors (Lipinski definition) is 5. The van der Waals surface area contributed by atoms with Crippen LogP contribution in [0.2, 0.25) is 0 Å². The molecule has 0 N–H and O–H groups in total. The number of rotatable bonds is 5. The summed E-state index contributed by atoms with van der Waals surface area (Å²) in [6, 6.07) is 6.40. The van der Waals surface area contributed by atoms with Crippen LogP contribution in [0.1, 0.15) is 44.1 Å². The van der Waals surface area contributed by atoms with Crippen molar-refractivity contribution in [2.24, 2.45) is 11.8 Å². The molecule has 5 rings (SSSR count). The normalized spacial score (nSPS) is 28.0. The molecule has 1 aromatic rings. The predicted molar refractivity (Wildman–Crippen MR) is 116 cm³/mol.